The molecule has 1 aromatic rings. The highest BCUT2D eigenvalue weighted by Crippen LogP contribution is 2.19. The molecule has 1 saturated heterocycles. The second-order valence-electron chi connectivity index (χ2n) is 3.93. The molecule has 1 aliphatic rings. The number of amides is 1. The molecule has 16 heavy (non-hydrogen) atoms. The minimum atomic E-state index is -0.489. The largest absolute Gasteiger partial charge is 0.398 e. The Bertz CT molecular complexity index is 422. The number of aliphatic hydroxyl groups is 1. The van der Waals surface area contributed by atoms with Crippen LogP contribution in [-0.2, 0) is 0 Å². The lowest BCUT2D eigenvalue weighted by Gasteiger charge is -2.16. The Morgan fingerprint density at radius 3 is 2.94 bits per heavy atom. The van der Waals surface area contributed by atoms with Gasteiger partial charge in [0.05, 0.1) is 11.7 Å². The predicted octanol–water partition coefficient (Wildman–Crippen LogP) is 0.615. The summed E-state index contributed by atoms with van der Waals surface area (Å²) in [5.41, 5.74) is 6.03. The standard InChI is InChI=1S/C11H13FN2O2/c12-7-1-2-10(13)9(5-7)11(16)14-4-3-8(15)6-14/h1-2,5,8,15H,3-4,6,13H2/t8-/m1/s1. The molecule has 0 radical (unpaired) electrons. The molecule has 1 fully saturated rings. The second kappa shape index (κ2) is 4.09. The number of carbonyl (C=O) groups is 1. The van der Waals surface area contributed by atoms with E-state index < -0.39 is 11.9 Å². The molecule has 0 spiro atoms. The van der Waals surface area contributed by atoms with Crippen molar-refractivity contribution in [1.82, 2.24) is 4.90 Å². The van der Waals surface area contributed by atoms with Crippen LogP contribution in [0.2, 0.25) is 0 Å². The molecule has 1 amide bonds. The smallest absolute Gasteiger partial charge is 0.256 e. The van der Waals surface area contributed by atoms with E-state index in [0.29, 0.717) is 13.0 Å². The zero-order valence-corrected chi connectivity index (χ0v) is 8.69. The lowest BCUT2D eigenvalue weighted by atomic mass is 10.1. The van der Waals surface area contributed by atoms with Gasteiger partial charge in [-0.05, 0) is 24.6 Å². The molecule has 1 aliphatic heterocycles. The van der Waals surface area contributed by atoms with Crippen LogP contribution in [0.25, 0.3) is 0 Å². The van der Waals surface area contributed by atoms with Gasteiger partial charge in [-0.25, -0.2) is 4.39 Å². The summed E-state index contributed by atoms with van der Waals surface area (Å²) >= 11 is 0. The van der Waals surface area contributed by atoms with E-state index in [4.69, 9.17) is 5.73 Å². The molecule has 86 valence electrons. The van der Waals surface area contributed by atoms with Crippen molar-refractivity contribution in [2.75, 3.05) is 18.8 Å². The molecular weight excluding hydrogens is 211 g/mol. The molecule has 4 nitrogen and oxygen atoms in total. The van der Waals surface area contributed by atoms with Crippen molar-refractivity contribution in [3.8, 4) is 0 Å². The number of rotatable bonds is 1. The fourth-order valence-electron chi connectivity index (χ4n) is 1.81. The van der Waals surface area contributed by atoms with Crippen molar-refractivity contribution in [2.45, 2.75) is 12.5 Å². The summed E-state index contributed by atoms with van der Waals surface area (Å²) in [5, 5.41) is 9.32. The van der Waals surface area contributed by atoms with E-state index >= 15 is 0 Å². The van der Waals surface area contributed by atoms with E-state index in [2.05, 4.69) is 0 Å². The van der Waals surface area contributed by atoms with Crippen molar-refractivity contribution >= 4 is 11.6 Å². The van der Waals surface area contributed by atoms with Gasteiger partial charge in [-0.1, -0.05) is 0 Å². The van der Waals surface area contributed by atoms with Crippen LogP contribution < -0.4 is 5.73 Å². The third-order valence-electron chi connectivity index (χ3n) is 2.70. The highest BCUT2D eigenvalue weighted by Gasteiger charge is 2.26. The highest BCUT2D eigenvalue weighted by molar-refractivity contribution is 5.99. The maximum absolute atomic E-state index is 13.0. The molecule has 5 heteroatoms. The van der Waals surface area contributed by atoms with Crippen LogP contribution in [-0.4, -0.2) is 35.1 Å². The monoisotopic (exact) mass is 224 g/mol. The van der Waals surface area contributed by atoms with Crippen LogP contribution in [0, 0.1) is 5.82 Å². The minimum Gasteiger partial charge on any atom is -0.398 e. The first-order valence-corrected chi connectivity index (χ1v) is 5.10. The summed E-state index contributed by atoms with van der Waals surface area (Å²) in [6.07, 6.45) is 0.0692. The van der Waals surface area contributed by atoms with Gasteiger partial charge in [0.15, 0.2) is 0 Å². The predicted molar refractivity (Wildman–Crippen MR) is 57.3 cm³/mol. The number of benzene rings is 1. The first-order chi connectivity index (χ1) is 7.58. The van der Waals surface area contributed by atoms with Crippen molar-refractivity contribution in [3.05, 3.63) is 29.6 Å². The number of halogens is 1. The average molecular weight is 224 g/mol. The van der Waals surface area contributed by atoms with Gasteiger partial charge in [0.25, 0.3) is 5.91 Å². The third-order valence-corrected chi connectivity index (χ3v) is 2.70. The van der Waals surface area contributed by atoms with Gasteiger partial charge in [0.2, 0.25) is 0 Å². The number of carbonyl (C=O) groups excluding carboxylic acids is 1. The molecule has 1 aromatic carbocycles. The Kier molecular flexibility index (Phi) is 2.78. The van der Waals surface area contributed by atoms with Crippen LogP contribution in [0.4, 0.5) is 10.1 Å². The lowest BCUT2D eigenvalue weighted by molar-refractivity contribution is 0.0765. The Morgan fingerprint density at radius 2 is 2.31 bits per heavy atom. The van der Waals surface area contributed by atoms with E-state index in [9.17, 15) is 14.3 Å². The number of hydrogen-bond donors (Lipinski definition) is 2. The lowest BCUT2D eigenvalue weighted by Crippen LogP contribution is -2.30. The van der Waals surface area contributed by atoms with E-state index in [1.54, 1.807) is 0 Å². The quantitative estimate of drug-likeness (QED) is 0.687. The van der Waals surface area contributed by atoms with Crippen molar-refractivity contribution < 1.29 is 14.3 Å². The Morgan fingerprint density at radius 1 is 1.56 bits per heavy atom. The topological polar surface area (TPSA) is 66.6 Å². The normalized spacial score (nSPS) is 20.1. The van der Waals surface area contributed by atoms with Crippen molar-refractivity contribution in [3.63, 3.8) is 0 Å². The van der Waals surface area contributed by atoms with Crippen LogP contribution in [0.3, 0.4) is 0 Å². The molecule has 0 aliphatic carbocycles. The van der Waals surface area contributed by atoms with Crippen LogP contribution in [0.5, 0.6) is 0 Å². The van der Waals surface area contributed by atoms with Gasteiger partial charge in [0.1, 0.15) is 5.82 Å². The van der Waals surface area contributed by atoms with Crippen molar-refractivity contribution in [2.24, 2.45) is 0 Å². The number of nitrogens with zero attached hydrogens (tertiary/aromatic N) is 1. The minimum absolute atomic E-state index is 0.161. The molecule has 0 bridgehead atoms. The maximum Gasteiger partial charge on any atom is 0.256 e. The van der Waals surface area contributed by atoms with E-state index in [1.165, 1.54) is 17.0 Å². The number of nitrogen functional groups attached to an aromatic ring is 1. The first-order valence-electron chi connectivity index (χ1n) is 5.10. The maximum atomic E-state index is 13.0. The van der Waals surface area contributed by atoms with E-state index in [-0.39, 0.29) is 23.7 Å². The summed E-state index contributed by atoms with van der Waals surface area (Å²) in [6, 6.07) is 3.71. The Labute approximate surface area is 92.5 Å². The number of likely N-dealkylation sites (tertiary alicyclic amines) is 1. The SMILES string of the molecule is Nc1ccc(F)cc1C(=O)N1CC[C@@H](O)C1. The van der Waals surface area contributed by atoms with Gasteiger partial charge < -0.3 is 15.7 Å². The molecule has 0 aromatic heterocycles. The molecular formula is C11H13FN2O2. The average Bonchev–Trinajstić information content (AvgIpc) is 2.67. The van der Waals surface area contributed by atoms with Gasteiger partial charge in [-0.2, -0.15) is 0 Å². The number of nitrogens with two attached hydrogens (primary N) is 1. The zero-order valence-electron chi connectivity index (χ0n) is 8.69. The highest BCUT2D eigenvalue weighted by atomic mass is 19.1. The molecule has 0 unspecified atom stereocenters. The zero-order chi connectivity index (χ0) is 11.7. The fraction of sp³-hybridized carbons (Fsp3) is 0.364. The molecule has 0 saturated carbocycles. The second-order valence-corrected chi connectivity index (χ2v) is 3.93. The van der Waals surface area contributed by atoms with Crippen LogP contribution in [0.1, 0.15) is 16.8 Å². The number of hydrogen-bond acceptors (Lipinski definition) is 3. The van der Waals surface area contributed by atoms with E-state index in [1.807, 2.05) is 0 Å². The number of anilines is 1. The summed E-state index contributed by atoms with van der Waals surface area (Å²) in [5.74, 6) is -0.814. The summed E-state index contributed by atoms with van der Waals surface area (Å²) in [7, 11) is 0. The number of aliphatic hydroxyl groups excluding tert-OH is 1. The van der Waals surface area contributed by atoms with Crippen LogP contribution in [0.15, 0.2) is 18.2 Å². The van der Waals surface area contributed by atoms with Gasteiger partial charge >= 0.3 is 0 Å². The fourth-order valence-corrected chi connectivity index (χ4v) is 1.81. The third kappa shape index (κ3) is 1.99. The summed E-state index contributed by atoms with van der Waals surface area (Å²) in [4.78, 5) is 13.4. The molecule has 1 heterocycles. The summed E-state index contributed by atoms with van der Waals surface area (Å²) < 4.78 is 13.0. The van der Waals surface area contributed by atoms with Crippen molar-refractivity contribution in [1.29, 1.82) is 0 Å². The Balaban J connectivity index is 2.23. The van der Waals surface area contributed by atoms with Gasteiger partial charge in [-0.15, -0.1) is 0 Å². The number of β-amino-alcohol motifs (C(OH)–C–C–N with tert-alkyl or cyclic N) is 1. The Hall–Kier alpha value is -1.62. The molecule has 1 atom stereocenters. The van der Waals surface area contributed by atoms with Gasteiger partial charge in [0, 0.05) is 18.8 Å². The van der Waals surface area contributed by atoms with E-state index in [0.717, 1.165) is 6.07 Å². The van der Waals surface area contributed by atoms with Gasteiger partial charge in [-0.3, -0.25) is 4.79 Å². The molecule has 2 rings (SSSR count). The van der Waals surface area contributed by atoms with Crippen LogP contribution >= 0.6 is 0 Å². The molecule has 3 N–H and O–H groups in total. The summed E-state index contributed by atoms with van der Waals surface area (Å²) in [6.45, 7) is 0.769. The first kappa shape index (κ1) is 10.9.